The summed E-state index contributed by atoms with van der Waals surface area (Å²) in [7, 11) is 0. The zero-order valence-corrected chi connectivity index (χ0v) is 13.3. The molecule has 1 aromatic heterocycles. The van der Waals surface area contributed by atoms with Crippen LogP contribution in [0.2, 0.25) is 0 Å². The van der Waals surface area contributed by atoms with E-state index in [2.05, 4.69) is 4.98 Å². The van der Waals surface area contributed by atoms with E-state index in [1.165, 1.54) is 11.8 Å². The van der Waals surface area contributed by atoms with E-state index < -0.39 is 0 Å². The molecule has 0 unspecified atom stereocenters. The number of anilines is 2. The minimum absolute atomic E-state index is 0.0260. The van der Waals surface area contributed by atoms with Crippen LogP contribution < -0.4 is 4.90 Å². The van der Waals surface area contributed by atoms with Gasteiger partial charge in [0.2, 0.25) is 5.91 Å². The molecule has 0 saturated carbocycles. The summed E-state index contributed by atoms with van der Waals surface area (Å²) in [5.41, 5.74) is 1.73. The number of rotatable bonds is 5. The average molecular weight is 320 g/mol. The fourth-order valence-corrected chi connectivity index (χ4v) is 2.93. The molecule has 0 aliphatic heterocycles. The molecule has 0 bridgehead atoms. The number of benzene rings is 2. The van der Waals surface area contributed by atoms with Gasteiger partial charge in [-0.05, 0) is 36.4 Å². The molecule has 23 heavy (non-hydrogen) atoms. The number of hydrogen-bond acceptors (Lipinski definition) is 3. The Labute approximate surface area is 140 Å². The summed E-state index contributed by atoms with van der Waals surface area (Å²) in [5.74, 6) is 0.360. The van der Waals surface area contributed by atoms with Crippen molar-refractivity contribution in [3.05, 3.63) is 85.1 Å². The summed E-state index contributed by atoms with van der Waals surface area (Å²) in [4.78, 5) is 18.8. The van der Waals surface area contributed by atoms with Gasteiger partial charge in [0, 0.05) is 17.6 Å². The molecule has 0 aliphatic carbocycles. The van der Waals surface area contributed by atoms with E-state index in [4.69, 9.17) is 0 Å². The summed E-state index contributed by atoms with van der Waals surface area (Å²) < 4.78 is 0. The highest BCUT2D eigenvalue weighted by atomic mass is 32.2. The van der Waals surface area contributed by atoms with Crippen molar-refractivity contribution in [1.82, 2.24) is 4.98 Å². The van der Waals surface area contributed by atoms with Crippen LogP contribution in [0.4, 0.5) is 11.4 Å². The van der Waals surface area contributed by atoms with Gasteiger partial charge >= 0.3 is 0 Å². The maximum atomic E-state index is 12.8. The Morgan fingerprint density at radius 1 is 0.826 bits per heavy atom. The van der Waals surface area contributed by atoms with Crippen molar-refractivity contribution < 1.29 is 4.79 Å². The fraction of sp³-hybridized carbons (Fsp3) is 0.0526. The van der Waals surface area contributed by atoms with Gasteiger partial charge in [0.1, 0.15) is 0 Å². The van der Waals surface area contributed by atoms with E-state index in [0.29, 0.717) is 5.75 Å². The normalized spacial score (nSPS) is 10.3. The SMILES string of the molecule is O=C(CSc1ccccn1)N(c1ccccc1)c1ccccc1. The van der Waals surface area contributed by atoms with Gasteiger partial charge < -0.3 is 0 Å². The van der Waals surface area contributed by atoms with Crippen LogP contribution in [0.1, 0.15) is 0 Å². The van der Waals surface area contributed by atoms with E-state index in [9.17, 15) is 4.79 Å². The molecular weight excluding hydrogens is 304 g/mol. The van der Waals surface area contributed by atoms with Gasteiger partial charge in [-0.1, -0.05) is 54.2 Å². The quantitative estimate of drug-likeness (QED) is 0.647. The first kappa shape index (κ1) is 15.3. The molecule has 4 heteroatoms. The Balaban J connectivity index is 1.82. The lowest BCUT2D eigenvalue weighted by atomic mass is 10.2. The van der Waals surface area contributed by atoms with Gasteiger partial charge in [-0.2, -0.15) is 0 Å². The number of thioether (sulfide) groups is 1. The topological polar surface area (TPSA) is 33.2 Å². The number of carbonyl (C=O) groups excluding carboxylic acids is 1. The Bertz CT molecular complexity index is 709. The minimum Gasteiger partial charge on any atom is -0.280 e. The molecule has 1 amide bonds. The van der Waals surface area contributed by atoms with Crippen LogP contribution in [-0.4, -0.2) is 16.6 Å². The van der Waals surface area contributed by atoms with Gasteiger partial charge in [-0.25, -0.2) is 4.98 Å². The monoisotopic (exact) mass is 320 g/mol. The second-order valence-corrected chi connectivity index (χ2v) is 5.85. The summed E-state index contributed by atoms with van der Waals surface area (Å²) in [6, 6.07) is 25.1. The molecule has 0 N–H and O–H groups in total. The molecule has 3 nitrogen and oxygen atoms in total. The molecule has 0 radical (unpaired) electrons. The van der Waals surface area contributed by atoms with Crippen LogP contribution in [-0.2, 0) is 4.79 Å². The second-order valence-electron chi connectivity index (χ2n) is 4.86. The third kappa shape index (κ3) is 3.99. The number of carbonyl (C=O) groups is 1. The first-order chi connectivity index (χ1) is 11.3. The van der Waals surface area contributed by atoms with Crippen molar-refractivity contribution >= 4 is 29.0 Å². The molecule has 0 atom stereocenters. The summed E-state index contributed by atoms with van der Waals surface area (Å²) >= 11 is 1.44. The van der Waals surface area contributed by atoms with E-state index in [-0.39, 0.29) is 5.91 Å². The largest absolute Gasteiger partial charge is 0.280 e. The molecule has 0 aliphatic rings. The van der Waals surface area contributed by atoms with Crippen LogP contribution in [0.3, 0.4) is 0 Å². The van der Waals surface area contributed by atoms with Crippen molar-refractivity contribution in [2.75, 3.05) is 10.7 Å². The Kier molecular flexibility index (Phi) is 5.06. The standard InChI is InChI=1S/C19H16N2OS/c22-19(15-23-18-13-7-8-14-20-18)21(16-9-3-1-4-10-16)17-11-5-2-6-12-17/h1-14H,15H2. The Morgan fingerprint density at radius 3 is 1.91 bits per heavy atom. The number of pyridine rings is 1. The van der Waals surface area contributed by atoms with Crippen molar-refractivity contribution in [3.8, 4) is 0 Å². The maximum Gasteiger partial charge on any atom is 0.241 e. The lowest BCUT2D eigenvalue weighted by Gasteiger charge is -2.22. The van der Waals surface area contributed by atoms with Crippen LogP contribution in [0, 0.1) is 0 Å². The fourth-order valence-electron chi connectivity index (χ4n) is 2.22. The lowest BCUT2D eigenvalue weighted by molar-refractivity contribution is -0.115. The van der Waals surface area contributed by atoms with Crippen LogP contribution in [0.15, 0.2) is 90.1 Å². The number of aromatic nitrogens is 1. The average Bonchev–Trinajstić information content (AvgIpc) is 2.63. The highest BCUT2D eigenvalue weighted by Gasteiger charge is 2.17. The number of amides is 1. The van der Waals surface area contributed by atoms with Crippen molar-refractivity contribution in [2.45, 2.75) is 5.03 Å². The molecular formula is C19H16N2OS. The Hall–Kier alpha value is -2.59. The van der Waals surface area contributed by atoms with Crippen molar-refractivity contribution in [3.63, 3.8) is 0 Å². The molecule has 0 fully saturated rings. The molecule has 3 rings (SSSR count). The first-order valence-electron chi connectivity index (χ1n) is 7.31. The van der Waals surface area contributed by atoms with E-state index in [0.717, 1.165) is 16.4 Å². The minimum atomic E-state index is 0.0260. The third-order valence-corrected chi connectivity index (χ3v) is 4.19. The molecule has 0 saturated heterocycles. The van der Waals surface area contributed by atoms with Crippen LogP contribution >= 0.6 is 11.8 Å². The first-order valence-corrected chi connectivity index (χ1v) is 8.30. The van der Waals surface area contributed by atoms with E-state index in [1.807, 2.05) is 78.9 Å². The second kappa shape index (κ2) is 7.61. The van der Waals surface area contributed by atoms with Gasteiger partial charge in [-0.3, -0.25) is 9.69 Å². The van der Waals surface area contributed by atoms with Gasteiger partial charge in [-0.15, -0.1) is 0 Å². The van der Waals surface area contributed by atoms with Crippen LogP contribution in [0.25, 0.3) is 0 Å². The lowest BCUT2D eigenvalue weighted by Crippen LogP contribution is -2.27. The maximum absolute atomic E-state index is 12.8. The zero-order chi connectivity index (χ0) is 15.9. The third-order valence-electron chi connectivity index (χ3n) is 3.26. The predicted octanol–water partition coefficient (Wildman–Crippen LogP) is 4.54. The summed E-state index contributed by atoms with van der Waals surface area (Å²) in [6.45, 7) is 0. The smallest absolute Gasteiger partial charge is 0.241 e. The Morgan fingerprint density at radius 2 is 1.39 bits per heavy atom. The van der Waals surface area contributed by atoms with E-state index in [1.54, 1.807) is 11.1 Å². The number of hydrogen-bond donors (Lipinski definition) is 0. The van der Waals surface area contributed by atoms with Gasteiger partial charge in [0.15, 0.2) is 0 Å². The molecule has 2 aromatic carbocycles. The molecule has 0 spiro atoms. The number of nitrogens with zero attached hydrogens (tertiary/aromatic N) is 2. The zero-order valence-electron chi connectivity index (χ0n) is 12.5. The summed E-state index contributed by atoms with van der Waals surface area (Å²) in [5, 5.41) is 0.849. The van der Waals surface area contributed by atoms with Gasteiger partial charge in [0.05, 0.1) is 10.8 Å². The highest BCUT2D eigenvalue weighted by molar-refractivity contribution is 7.99. The highest BCUT2D eigenvalue weighted by Crippen LogP contribution is 2.26. The predicted molar refractivity (Wildman–Crippen MR) is 95.0 cm³/mol. The van der Waals surface area contributed by atoms with Gasteiger partial charge in [0.25, 0.3) is 0 Å². The molecule has 3 aromatic rings. The summed E-state index contributed by atoms with van der Waals surface area (Å²) in [6.07, 6.45) is 1.74. The molecule has 114 valence electrons. The van der Waals surface area contributed by atoms with Crippen molar-refractivity contribution in [2.24, 2.45) is 0 Å². The van der Waals surface area contributed by atoms with E-state index >= 15 is 0 Å². The molecule has 1 heterocycles. The number of para-hydroxylation sites is 2. The van der Waals surface area contributed by atoms with Crippen LogP contribution in [0.5, 0.6) is 0 Å². The van der Waals surface area contributed by atoms with Crippen molar-refractivity contribution in [1.29, 1.82) is 0 Å².